The summed E-state index contributed by atoms with van der Waals surface area (Å²) in [5.74, 6) is -0.245. The first-order chi connectivity index (χ1) is 11.4. The fourth-order valence-corrected chi connectivity index (χ4v) is 3.72. The lowest BCUT2D eigenvalue weighted by Gasteiger charge is -2.41. The highest BCUT2D eigenvalue weighted by Crippen LogP contribution is 2.51. The van der Waals surface area contributed by atoms with E-state index in [1.807, 2.05) is 39.0 Å². The zero-order valence-corrected chi connectivity index (χ0v) is 14.4. The molecule has 0 spiro atoms. The van der Waals surface area contributed by atoms with Gasteiger partial charge in [-0.15, -0.1) is 0 Å². The molecule has 1 aromatic rings. The van der Waals surface area contributed by atoms with Gasteiger partial charge in [-0.25, -0.2) is 0 Å². The van der Waals surface area contributed by atoms with Crippen LogP contribution < -0.4 is 4.90 Å². The van der Waals surface area contributed by atoms with Crippen molar-refractivity contribution in [2.75, 3.05) is 4.90 Å². The van der Waals surface area contributed by atoms with Crippen LogP contribution in [0.25, 0.3) is 11.1 Å². The number of carbonyl (C=O) groups excluding carboxylic acids is 1. The number of hydrogen-bond acceptors (Lipinski definition) is 3. The number of rotatable bonds is 2. The summed E-state index contributed by atoms with van der Waals surface area (Å²) >= 11 is 0. The van der Waals surface area contributed by atoms with E-state index in [0.717, 1.165) is 29.7 Å². The van der Waals surface area contributed by atoms with E-state index in [2.05, 4.69) is 19.1 Å². The Morgan fingerprint density at radius 2 is 1.83 bits per heavy atom. The number of carbonyl (C=O) groups is 1. The Bertz CT molecular complexity index is 892. The zero-order chi connectivity index (χ0) is 17.6. The molecular formula is C20H19N3O. The second-order valence-corrected chi connectivity index (χ2v) is 6.56. The molecule has 0 aromatic heterocycles. The minimum atomic E-state index is -0.447. The second kappa shape index (κ2) is 5.35. The quantitative estimate of drug-likeness (QED) is 0.608. The van der Waals surface area contributed by atoms with Crippen LogP contribution in [0.3, 0.4) is 0 Å². The average Bonchev–Trinajstić information content (AvgIpc) is 2.86. The first-order valence-electron chi connectivity index (χ1n) is 8.18. The van der Waals surface area contributed by atoms with Crippen LogP contribution in [0.2, 0.25) is 0 Å². The smallest absolute Gasteiger partial charge is 0.261 e. The standard InChI is InChI=1S/C20H19N3O/c1-5-13-9-20(4,6-2)23-18-15(13)7-12(3)8-16(18)17(19(23)24)14(10-21)11-22/h7-9H,5-6H2,1-4H3. The molecule has 1 amide bonds. The molecule has 1 aromatic carbocycles. The maximum absolute atomic E-state index is 13.2. The number of aryl methyl sites for hydroxylation is 1. The molecule has 0 saturated heterocycles. The SMILES string of the molecule is CCC1=CC(C)(CC)N2C(=O)C(=C(C#N)C#N)c3cc(C)cc1c32. The van der Waals surface area contributed by atoms with E-state index in [-0.39, 0.29) is 17.1 Å². The number of nitriles is 2. The minimum Gasteiger partial charge on any atom is -0.298 e. The maximum Gasteiger partial charge on any atom is 0.261 e. The van der Waals surface area contributed by atoms with Crippen molar-refractivity contribution in [3.63, 3.8) is 0 Å². The van der Waals surface area contributed by atoms with Crippen molar-refractivity contribution in [2.24, 2.45) is 0 Å². The van der Waals surface area contributed by atoms with E-state index in [0.29, 0.717) is 5.56 Å². The first-order valence-corrected chi connectivity index (χ1v) is 8.18. The van der Waals surface area contributed by atoms with E-state index in [1.165, 1.54) is 5.57 Å². The van der Waals surface area contributed by atoms with E-state index in [4.69, 9.17) is 0 Å². The van der Waals surface area contributed by atoms with E-state index in [9.17, 15) is 15.3 Å². The lowest BCUT2D eigenvalue weighted by Crippen LogP contribution is -2.48. The number of benzene rings is 1. The predicted octanol–water partition coefficient (Wildman–Crippen LogP) is 4.12. The second-order valence-electron chi connectivity index (χ2n) is 6.56. The summed E-state index contributed by atoms with van der Waals surface area (Å²) in [6.07, 6.45) is 3.80. The van der Waals surface area contributed by atoms with Crippen LogP contribution >= 0.6 is 0 Å². The van der Waals surface area contributed by atoms with Crippen molar-refractivity contribution in [1.29, 1.82) is 10.5 Å². The third-order valence-corrected chi connectivity index (χ3v) is 5.08. The number of nitrogens with zero attached hydrogens (tertiary/aromatic N) is 3. The molecule has 0 fully saturated rings. The molecule has 3 rings (SSSR count). The molecule has 0 bridgehead atoms. The van der Waals surface area contributed by atoms with Crippen LogP contribution in [0.15, 0.2) is 23.8 Å². The molecular weight excluding hydrogens is 298 g/mol. The van der Waals surface area contributed by atoms with Crippen LogP contribution in [0, 0.1) is 29.6 Å². The zero-order valence-electron chi connectivity index (χ0n) is 14.4. The first kappa shape index (κ1) is 16.0. The summed E-state index contributed by atoms with van der Waals surface area (Å²) in [6, 6.07) is 7.79. The van der Waals surface area contributed by atoms with Crippen molar-refractivity contribution in [3.05, 3.63) is 40.5 Å². The predicted molar refractivity (Wildman–Crippen MR) is 93.8 cm³/mol. The van der Waals surface area contributed by atoms with Gasteiger partial charge in [0.25, 0.3) is 5.91 Å². The number of anilines is 1. The molecule has 24 heavy (non-hydrogen) atoms. The lowest BCUT2D eigenvalue weighted by molar-refractivity contribution is -0.113. The summed E-state index contributed by atoms with van der Waals surface area (Å²) in [5.41, 5.74) is 4.52. The Labute approximate surface area is 142 Å². The van der Waals surface area contributed by atoms with E-state index < -0.39 is 5.54 Å². The Morgan fingerprint density at radius 3 is 2.38 bits per heavy atom. The average molecular weight is 317 g/mol. The summed E-state index contributed by atoms with van der Waals surface area (Å²) in [7, 11) is 0. The molecule has 1 atom stereocenters. The maximum atomic E-state index is 13.2. The summed E-state index contributed by atoms with van der Waals surface area (Å²) in [5, 5.41) is 18.6. The molecule has 0 saturated carbocycles. The van der Waals surface area contributed by atoms with Crippen molar-refractivity contribution in [1.82, 2.24) is 0 Å². The van der Waals surface area contributed by atoms with Crippen molar-refractivity contribution < 1.29 is 4.79 Å². The highest BCUT2D eigenvalue weighted by atomic mass is 16.2. The number of allylic oxidation sites excluding steroid dienone is 2. The van der Waals surface area contributed by atoms with Gasteiger partial charge in [0, 0.05) is 11.1 Å². The Hall–Kier alpha value is -2.85. The van der Waals surface area contributed by atoms with Gasteiger partial charge in [0.05, 0.1) is 16.8 Å². The molecule has 120 valence electrons. The van der Waals surface area contributed by atoms with Crippen LogP contribution in [-0.2, 0) is 4.79 Å². The van der Waals surface area contributed by atoms with Crippen molar-refractivity contribution in [2.45, 2.75) is 46.1 Å². The normalized spacial score (nSPS) is 21.1. The van der Waals surface area contributed by atoms with Crippen LogP contribution in [0.1, 0.15) is 50.3 Å². The molecule has 2 aliphatic heterocycles. The van der Waals surface area contributed by atoms with E-state index >= 15 is 0 Å². The Kier molecular flexibility index (Phi) is 3.57. The van der Waals surface area contributed by atoms with Gasteiger partial charge in [0.2, 0.25) is 0 Å². The molecule has 2 heterocycles. The van der Waals surface area contributed by atoms with Gasteiger partial charge in [-0.05, 0) is 50.0 Å². The van der Waals surface area contributed by atoms with E-state index in [1.54, 1.807) is 4.90 Å². The molecule has 0 radical (unpaired) electrons. The van der Waals surface area contributed by atoms with Gasteiger partial charge in [-0.1, -0.05) is 19.9 Å². The van der Waals surface area contributed by atoms with Crippen LogP contribution in [-0.4, -0.2) is 11.4 Å². The molecule has 0 aliphatic carbocycles. The highest BCUT2D eigenvalue weighted by molar-refractivity contribution is 6.36. The van der Waals surface area contributed by atoms with Crippen LogP contribution in [0.5, 0.6) is 0 Å². The Balaban J connectivity index is 2.46. The fourth-order valence-electron chi connectivity index (χ4n) is 3.72. The van der Waals surface area contributed by atoms with Crippen molar-refractivity contribution in [3.8, 4) is 12.1 Å². The summed E-state index contributed by atoms with van der Waals surface area (Å²) in [6.45, 7) is 8.16. The number of amides is 1. The summed E-state index contributed by atoms with van der Waals surface area (Å²) < 4.78 is 0. The van der Waals surface area contributed by atoms with Gasteiger partial charge in [0.1, 0.15) is 17.7 Å². The summed E-state index contributed by atoms with van der Waals surface area (Å²) in [4.78, 5) is 14.9. The Morgan fingerprint density at radius 1 is 1.21 bits per heavy atom. The number of hydrogen-bond donors (Lipinski definition) is 0. The van der Waals surface area contributed by atoms with Gasteiger partial charge in [-0.3, -0.25) is 9.69 Å². The lowest BCUT2D eigenvalue weighted by atomic mass is 9.84. The fraction of sp³-hybridized carbons (Fsp3) is 0.350. The molecule has 1 unspecified atom stereocenters. The van der Waals surface area contributed by atoms with Gasteiger partial charge in [0.15, 0.2) is 0 Å². The minimum absolute atomic E-state index is 0.112. The largest absolute Gasteiger partial charge is 0.298 e. The molecule has 4 nitrogen and oxygen atoms in total. The molecule has 4 heteroatoms. The van der Waals surface area contributed by atoms with Gasteiger partial charge < -0.3 is 0 Å². The molecule has 2 aliphatic rings. The van der Waals surface area contributed by atoms with Crippen LogP contribution in [0.4, 0.5) is 5.69 Å². The van der Waals surface area contributed by atoms with Gasteiger partial charge >= 0.3 is 0 Å². The molecule has 0 N–H and O–H groups in total. The monoisotopic (exact) mass is 317 g/mol. The highest BCUT2D eigenvalue weighted by Gasteiger charge is 2.47. The van der Waals surface area contributed by atoms with Crippen molar-refractivity contribution >= 4 is 22.7 Å². The third kappa shape index (κ3) is 1.93. The van der Waals surface area contributed by atoms with Gasteiger partial charge in [-0.2, -0.15) is 10.5 Å². The third-order valence-electron chi connectivity index (χ3n) is 5.08. The topological polar surface area (TPSA) is 67.9 Å².